The van der Waals surface area contributed by atoms with Crippen molar-refractivity contribution in [3.05, 3.63) is 34.8 Å². The highest BCUT2D eigenvalue weighted by molar-refractivity contribution is 7.13. The van der Waals surface area contributed by atoms with Gasteiger partial charge >= 0.3 is 0 Å². The van der Waals surface area contributed by atoms with Gasteiger partial charge in [-0.2, -0.15) is 0 Å². The number of aromatic nitrogens is 1. The summed E-state index contributed by atoms with van der Waals surface area (Å²) in [4.78, 5) is 42.9. The average molecular weight is 469 g/mol. The fraction of sp³-hybridized carbons (Fsp3) is 0.520. The van der Waals surface area contributed by atoms with Crippen molar-refractivity contribution in [2.75, 3.05) is 16.0 Å². The van der Waals surface area contributed by atoms with Crippen LogP contribution in [-0.4, -0.2) is 22.7 Å². The summed E-state index contributed by atoms with van der Waals surface area (Å²) in [5.41, 5.74) is 2.24. The third kappa shape index (κ3) is 6.41. The van der Waals surface area contributed by atoms with Crippen molar-refractivity contribution in [2.24, 2.45) is 11.8 Å². The van der Waals surface area contributed by atoms with E-state index in [4.69, 9.17) is 0 Å². The van der Waals surface area contributed by atoms with Crippen LogP contribution >= 0.6 is 11.3 Å². The summed E-state index contributed by atoms with van der Waals surface area (Å²) in [5, 5.41) is 11.2. The van der Waals surface area contributed by atoms with Crippen LogP contribution in [0.5, 0.6) is 0 Å². The van der Waals surface area contributed by atoms with Crippen LogP contribution in [-0.2, 0) is 9.59 Å². The van der Waals surface area contributed by atoms with Gasteiger partial charge in [0.1, 0.15) is 0 Å². The van der Waals surface area contributed by atoms with Crippen molar-refractivity contribution < 1.29 is 14.4 Å². The molecule has 1 aromatic carbocycles. The number of anilines is 3. The Kier molecular flexibility index (Phi) is 7.75. The number of benzene rings is 1. The number of amides is 3. The Labute approximate surface area is 198 Å². The maximum absolute atomic E-state index is 12.9. The molecule has 3 amide bonds. The second-order valence-corrected chi connectivity index (χ2v) is 10.1. The number of carbonyl (C=O) groups is 3. The number of thiazole rings is 1. The molecule has 0 bridgehead atoms. The zero-order valence-electron chi connectivity index (χ0n) is 19.1. The molecule has 2 aromatic rings. The zero-order valence-corrected chi connectivity index (χ0v) is 19.9. The highest BCUT2D eigenvalue weighted by Gasteiger charge is 2.24. The fourth-order valence-electron chi connectivity index (χ4n) is 4.70. The Morgan fingerprint density at radius 1 is 0.788 bits per heavy atom. The van der Waals surface area contributed by atoms with Gasteiger partial charge in [0, 0.05) is 34.2 Å². The third-order valence-electron chi connectivity index (χ3n) is 6.52. The zero-order chi connectivity index (χ0) is 23.2. The summed E-state index contributed by atoms with van der Waals surface area (Å²) in [6, 6.07) is 5.06. The van der Waals surface area contributed by atoms with Crippen LogP contribution in [0.3, 0.4) is 0 Å². The van der Waals surface area contributed by atoms with E-state index < -0.39 is 0 Å². The second-order valence-electron chi connectivity index (χ2n) is 9.20. The molecule has 2 aliphatic rings. The van der Waals surface area contributed by atoms with Crippen molar-refractivity contribution in [3.63, 3.8) is 0 Å². The van der Waals surface area contributed by atoms with Crippen LogP contribution < -0.4 is 16.0 Å². The maximum Gasteiger partial charge on any atom is 0.257 e. The van der Waals surface area contributed by atoms with Gasteiger partial charge in [-0.1, -0.05) is 38.5 Å². The molecule has 7 nitrogen and oxygen atoms in total. The van der Waals surface area contributed by atoms with E-state index in [2.05, 4.69) is 20.9 Å². The molecule has 176 valence electrons. The first-order valence-electron chi connectivity index (χ1n) is 12.0. The molecule has 0 unspecified atom stereocenters. The van der Waals surface area contributed by atoms with Gasteiger partial charge in [0.25, 0.3) is 5.91 Å². The number of carbonyl (C=O) groups excluding carboxylic acids is 3. The van der Waals surface area contributed by atoms with E-state index in [1.165, 1.54) is 24.2 Å². The summed E-state index contributed by atoms with van der Waals surface area (Å²) >= 11 is 1.36. The molecule has 3 N–H and O–H groups in total. The number of hydrogen-bond donors (Lipinski definition) is 3. The first-order valence-corrected chi connectivity index (χ1v) is 12.9. The van der Waals surface area contributed by atoms with Crippen molar-refractivity contribution in [1.82, 2.24) is 4.98 Å². The predicted molar refractivity (Wildman–Crippen MR) is 132 cm³/mol. The number of aryl methyl sites for hydroxylation is 1. The molecule has 0 saturated heterocycles. The first-order chi connectivity index (χ1) is 16.0. The van der Waals surface area contributed by atoms with Gasteiger partial charge < -0.3 is 10.6 Å². The van der Waals surface area contributed by atoms with Crippen molar-refractivity contribution >= 4 is 45.6 Å². The smallest absolute Gasteiger partial charge is 0.257 e. The minimum atomic E-state index is -0.328. The minimum Gasteiger partial charge on any atom is -0.326 e. The maximum atomic E-state index is 12.9. The number of hydrogen-bond acceptors (Lipinski definition) is 5. The number of nitrogens with one attached hydrogen (secondary N) is 3. The van der Waals surface area contributed by atoms with E-state index in [1.807, 2.05) is 12.3 Å². The fourth-order valence-corrected chi connectivity index (χ4v) is 5.39. The Morgan fingerprint density at radius 3 is 1.76 bits per heavy atom. The lowest BCUT2D eigenvalue weighted by Gasteiger charge is -2.22. The predicted octanol–water partition coefficient (Wildman–Crippen LogP) is 5.74. The lowest BCUT2D eigenvalue weighted by molar-refractivity contribution is -0.121. The summed E-state index contributed by atoms with van der Waals surface area (Å²) < 4.78 is 0. The minimum absolute atomic E-state index is 0.00481. The molecule has 0 atom stereocenters. The molecular formula is C25H32N4O3S. The molecule has 2 fully saturated rings. The quantitative estimate of drug-likeness (QED) is 0.503. The standard InChI is InChI=1S/C25H32N4O3S/c1-16-15-33-25(26-16)29-24(32)19-12-20(27-22(30)17-8-4-2-5-9-17)14-21(13-19)28-23(31)18-10-6-3-7-11-18/h12-15,17-18H,2-11H2,1H3,(H,27,30)(H,28,31)(H,26,29,32). The van der Waals surface area contributed by atoms with Crippen LogP contribution in [0.15, 0.2) is 23.6 Å². The van der Waals surface area contributed by atoms with Gasteiger partial charge in [-0.3, -0.25) is 19.7 Å². The Morgan fingerprint density at radius 2 is 1.30 bits per heavy atom. The van der Waals surface area contributed by atoms with Crippen LogP contribution in [0.25, 0.3) is 0 Å². The van der Waals surface area contributed by atoms with Crippen LogP contribution in [0.2, 0.25) is 0 Å². The van der Waals surface area contributed by atoms with Crippen LogP contribution in [0, 0.1) is 18.8 Å². The molecule has 1 aromatic heterocycles. The Hall–Kier alpha value is -2.74. The molecule has 0 aliphatic heterocycles. The van der Waals surface area contributed by atoms with Crippen LogP contribution in [0.4, 0.5) is 16.5 Å². The lowest BCUT2D eigenvalue weighted by Crippen LogP contribution is -2.26. The summed E-state index contributed by atoms with van der Waals surface area (Å²) in [6.07, 6.45) is 10.2. The van der Waals surface area contributed by atoms with E-state index in [9.17, 15) is 14.4 Å². The van der Waals surface area contributed by atoms with E-state index in [1.54, 1.807) is 18.2 Å². The van der Waals surface area contributed by atoms with Crippen molar-refractivity contribution in [2.45, 2.75) is 71.1 Å². The molecule has 0 radical (unpaired) electrons. The lowest BCUT2D eigenvalue weighted by atomic mass is 9.88. The molecule has 0 spiro atoms. The first kappa shape index (κ1) is 23.4. The molecule has 1 heterocycles. The third-order valence-corrected chi connectivity index (χ3v) is 7.40. The molecule has 2 aliphatic carbocycles. The normalized spacial score (nSPS) is 17.4. The van der Waals surface area contributed by atoms with Crippen molar-refractivity contribution in [1.29, 1.82) is 0 Å². The summed E-state index contributed by atoms with van der Waals surface area (Å²) in [6.45, 7) is 1.87. The van der Waals surface area contributed by atoms with E-state index in [0.717, 1.165) is 57.1 Å². The summed E-state index contributed by atoms with van der Waals surface area (Å²) in [7, 11) is 0. The van der Waals surface area contributed by atoms with Gasteiger partial charge in [0.2, 0.25) is 11.8 Å². The monoisotopic (exact) mass is 468 g/mol. The summed E-state index contributed by atoms with van der Waals surface area (Å²) in [5.74, 6) is -0.379. The van der Waals surface area contributed by atoms with Gasteiger partial charge in [-0.15, -0.1) is 11.3 Å². The Balaban J connectivity index is 1.53. The van der Waals surface area contributed by atoms with E-state index in [-0.39, 0.29) is 29.6 Å². The molecular weight excluding hydrogens is 436 g/mol. The van der Waals surface area contributed by atoms with Gasteiger partial charge in [-0.25, -0.2) is 4.98 Å². The van der Waals surface area contributed by atoms with Gasteiger partial charge in [0.05, 0.1) is 5.69 Å². The largest absolute Gasteiger partial charge is 0.326 e. The molecule has 4 rings (SSSR count). The Bertz CT molecular complexity index is 957. The van der Waals surface area contributed by atoms with Gasteiger partial charge in [0.15, 0.2) is 5.13 Å². The highest BCUT2D eigenvalue weighted by Crippen LogP contribution is 2.28. The van der Waals surface area contributed by atoms with E-state index >= 15 is 0 Å². The van der Waals surface area contributed by atoms with Crippen LogP contribution in [0.1, 0.15) is 80.3 Å². The SMILES string of the molecule is Cc1csc(NC(=O)c2cc(NC(=O)C3CCCCC3)cc(NC(=O)C3CCCCC3)c2)n1. The number of rotatable bonds is 6. The molecule has 33 heavy (non-hydrogen) atoms. The van der Waals surface area contributed by atoms with E-state index in [0.29, 0.717) is 22.1 Å². The van der Waals surface area contributed by atoms with Crippen molar-refractivity contribution in [3.8, 4) is 0 Å². The molecule has 2 saturated carbocycles. The highest BCUT2D eigenvalue weighted by atomic mass is 32.1. The van der Waals surface area contributed by atoms with Gasteiger partial charge in [-0.05, 0) is 50.8 Å². The average Bonchev–Trinajstić information content (AvgIpc) is 3.24. The number of nitrogens with zero attached hydrogens (tertiary/aromatic N) is 1. The second kappa shape index (κ2) is 10.9. The topological polar surface area (TPSA) is 100 Å². The molecule has 8 heteroatoms.